The Balaban J connectivity index is 1.21. The van der Waals surface area contributed by atoms with Gasteiger partial charge in [-0.05, 0) is 84.2 Å². The molecule has 0 aliphatic rings. The van der Waals surface area contributed by atoms with Gasteiger partial charge in [0.1, 0.15) is 46.6 Å². The Bertz CT molecular complexity index is 3100. The lowest BCUT2D eigenvalue weighted by Gasteiger charge is -2.37. The summed E-state index contributed by atoms with van der Waals surface area (Å²) < 4.78 is 10.8. The molecule has 436 valence electrons. The third-order valence-corrected chi connectivity index (χ3v) is 14.6. The van der Waals surface area contributed by atoms with Crippen LogP contribution in [0.5, 0.6) is 5.75 Å². The van der Waals surface area contributed by atoms with Crippen LogP contribution < -0.4 is 36.6 Å². The summed E-state index contributed by atoms with van der Waals surface area (Å²) >= 11 is 0. The van der Waals surface area contributed by atoms with Gasteiger partial charge in [-0.1, -0.05) is 214 Å². The largest absolute Gasteiger partial charge is 0.497 e. The van der Waals surface area contributed by atoms with Gasteiger partial charge in [-0.3, -0.25) is 24.0 Å². The van der Waals surface area contributed by atoms with Crippen LogP contribution in [-0.4, -0.2) is 83.6 Å². The van der Waals surface area contributed by atoms with E-state index in [0.29, 0.717) is 34.4 Å². The topological polar surface area (TPSA) is 230 Å². The minimum atomic E-state index is -1.85. The Morgan fingerprint density at radius 2 is 0.857 bits per heavy atom. The quantitative estimate of drug-likeness (QED) is 0.0254. The molecule has 7 rings (SSSR count). The molecule has 0 aromatic heterocycles. The second kappa shape index (κ2) is 28.9. The first kappa shape index (κ1) is 62.0. The lowest BCUT2D eigenvalue weighted by Crippen LogP contribution is -2.60. The Hall–Kier alpha value is -9.57. The number of hydrogen-bond acceptors (Lipinski definition) is 9. The summed E-state index contributed by atoms with van der Waals surface area (Å²) in [7, 11) is 1.52. The number of carboxylic acid groups (broad SMARTS) is 1. The molecule has 0 fully saturated rings. The van der Waals surface area contributed by atoms with Crippen LogP contribution in [0.3, 0.4) is 0 Å². The van der Waals surface area contributed by atoms with Crippen molar-refractivity contribution in [2.24, 2.45) is 5.92 Å². The van der Waals surface area contributed by atoms with Gasteiger partial charge in [-0.15, -0.1) is 0 Å². The molecule has 0 heterocycles. The van der Waals surface area contributed by atoms with E-state index in [-0.39, 0.29) is 19.3 Å². The van der Waals surface area contributed by atoms with Crippen molar-refractivity contribution in [3.05, 3.63) is 245 Å². The van der Waals surface area contributed by atoms with Crippen LogP contribution >= 0.6 is 0 Å². The molecular formula is C68H74N6O10. The first-order valence-electron chi connectivity index (χ1n) is 28.1. The minimum Gasteiger partial charge on any atom is -0.497 e. The maximum atomic E-state index is 15.0. The standard InChI is InChI=1S/C68H74N6O10/c1-7-46(2)60(72-62(78)56(71-65(82)84-66(3,4)5)44-47-38-40-54(83-6)41-39-47)63(79)69-55(42-43-58(75)73-67(48-26-14-8-15-27-48,49-28-16-9-17-29-49)50-30-18-10-19-31-50)61(77)70-57(64(80)81)45-59(76)74-68(51-32-20-11-21-33-51,52-34-22-12-23-35-52)53-36-24-13-25-37-53/h8-41,46,55-57,60H,7,42-45H2,1-6H3,(H,69,79)(H,70,77)(H,71,82)(H,72,78)(H,73,75)(H,74,76)(H,80,81)/t46-,55?,56?,57?,60?/m0/s1. The molecule has 4 unspecified atom stereocenters. The lowest BCUT2D eigenvalue weighted by atomic mass is 9.77. The van der Waals surface area contributed by atoms with E-state index in [1.54, 1.807) is 52.0 Å². The molecule has 0 spiro atoms. The predicted molar refractivity (Wildman–Crippen MR) is 321 cm³/mol. The van der Waals surface area contributed by atoms with Crippen molar-refractivity contribution in [3.8, 4) is 5.75 Å². The number of methoxy groups -OCH3 is 1. The number of alkyl carbamates (subject to hydrolysis) is 1. The van der Waals surface area contributed by atoms with Gasteiger partial charge in [0.25, 0.3) is 0 Å². The van der Waals surface area contributed by atoms with Gasteiger partial charge < -0.3 is 46.5 Å². The van der Waals surface area contributed by atoms with Crippen LogP contribution in [0.4, 0.5) is 4.79 Å². The van der Waals surface area contributed by atoms with Crippen molar-refractivity contribution >= 4 is 41.6 Å². The fourth-order valence-corrected chi connectivity index (χ4v) is 10.2. The van der Waals surface area contributed by atoms with E-state index < -0.39 is 94.8 Å². The highest BCUT2D eigenvalue weighted by Crippen LogP contribution is 2.38. The van der Waals surface area contributed by atoms with E-state index in [4.69, 9.17) is 9.47 Å². The zero-order valence-electron chi connectivity index (χ0n) is 48.2. The molecule has 5 atom stereocenters. The van der Waals surface area contributed by atoms with Gasteiger partial charge in [0.05, 0.1) is 13.5 Å². The average molecular weight is 1140 g/mol. The number of amides is 6. The Kier molecular flexibility index (Phi) is 21.4. The van der Waals surface area contributed by atoms with Gasteiger partial charge >= 0.3 is 12.1 Å². The van der Waals surface area contributed by atoms with Gasteiger partial charge in [0, 0.05) is 12.8 Å². The van der Waals surface area contributed by atoms with E-state index in [2.05, 4.69) is 31.9 Å². The molecule has 0 saturated carbocycles. The lowest BCUT2D eigenvalue weighted by molar-refractivity contribution is -0.144. The molecule has 7 aromatic carbocycles. The third-order valence-electron chi connectivity index (χ3n) is 14.6. The van der Waals surface area contributed by atoms with Crippen molar-refractivity contribution in [1.82, 2.24) is 31.9 Å². The van der Waals surface area contributed by atoms with Gasteiger partial charge in [0.15, 0.2) is 0 Å². The fraction of sp³-hybridized carbons (Fsp3) is 0.279. The normalized spacial score (nSPS) is 13.3. The Morgan fingerprint density at radius 3 is 1.23 bits per heavy atom. The van der Waals surface area contributed by atoms with Crippen molar-refractivity contribution in [1.29, 1.82) is 0 Å². The summed E-state index contributed by atoms with van der Waals surface area (Å²) in [5.41, 5.74) is 1.40. The molecule has 0 saturated heterocycles. The molecule has 0 radical (unpaired) electrons. The minimum absolute atomic E-state index is 0.0200. The molecule has 7 N–H and O–H groups in total. The summed E-state index contributed by atoms with van der Waals surface area (Å²) in [6.07, 6.45) is -2.06. The maximum absolute atomic E-state index is 15.0. The summed E-state index contributed by atoms with van der Waals surface area (Å²) in [5, 5.41) is 28.0. The molecule has 7 aromatic rings. The van der Waals surface area contributed by atoms with E-state index >= 15 is 0 Å². The summed E-state index contributed by atoms with van der Waals surface area (Å²) in [6.45, 7) is 8.57. The first-order chi connectivity index (χ1) is 40.4. The molecule has 0 aliphatic carbocycles. The summed E-state index contributed by atoms with van der Waals surface area (Å²) in [5.74, 6) is -5.43. The van der Waals surface area contributed by atoms with E-state index in [0.717, 1.165) is 16.7 Å². The molecule has 0 bridgehead atoms. The number of ether oxygens (including phenoxy) is 2. The SMILES string of the molecule is CC[C@H](C)C(NC(=O)C(Cc1ccc(OC)cc1)NC(=O)OC(C)(C)C)C(=O)NC(CCC(=O)NC(c1ccccc1)(c1ccccc1)c1ccccc1)C(=O)NC(CC(=O)NC(c1ccccc1)(c1ccccc1)c1ccccc1)C(=O)O. The van der Waals surface area contributed by atoms with Crippen LogP contribution in [0, 0.1) is 5.92 Å². The Labute approximate surface area is 491 Å². The summed E-state index contributed by atoms with van der Waals surface area (Å²) in [6, 6.07) is 56.7. The monoisotopic (exact) mass is 1130 g/mol. The number of aliphatic carboxylic acids is 1. The number of carbonyl (C=O) groups excluding carboxylic acids is 6. The zero-order chi connectivity index (χ0) is 60.3. The smallest absolute Gasteiger partial charge is 0.408 e. The van der Waals surface area contributed by atoms with Crippen LogP contribution in [0.15, 0.2) is 206 Å². The highest BCUT2D eigenvalue weighted by atomic mass is 16.6. The van der Waals surface area contributed by atoms with Gasteiger partial charge in [0.2, 0.25) is 29.5 Å². The number of carboxylic acids is 1. The molecular weight excluding hydrogens is 1060 g/mol. The maximum Gasteiger partial charge on any atom is 0.408 e. The van der Waals surface area contributed by atoms with Crippen molar-refractivity contribution in [3.63, 3.8) is 0 Å². The van der Waals surface area contributed by atoms with Gasteiger partial charge in [-0.2, -0.15) is 0 Å². The van der Waals surface area contributed by atoms with E-state index in [1.165, 1.54) is 7.11 Å². The average Bonchev–Trinajstić information content (AvgIpc) is 0.941. The van der Waals surface area contributed by atoms with Crippen LogP contribution in [0.1, 0.15) is 99.2 Å². The van der Waals surface area contributed by atoms with Crippen LogP contribution in [0.2, 0.25) is 0 Å². The highest BCUT2D eigenvalue weighted by Gasteiger charge is 2.41. The highest BCUT2D eigenvalue weighted by molar-refractivity contribution is 5.96. The Morgan fingerprint density at radius 1 is 0.476 bits per heavy atom. The number of hydrogen-bond donors (Lipinski definition) is 7. The van der Waals surface area contributed by atoms with Crippen LogP contribution in [-0.2, 0) is 51.0 Å². The number of benzene rings is 7. The van der Waals surface area contributed by atoms with E-state index in [1.807, 2.05) is 189 Å². The first-order valence-corrected chi connectivity index (χ1v) is 28.1. The molecule has 0 aliphatic heterocycles. The van der Waals surface area contributed by atoms with Crippen molar-refractivity contribution < 1.29 is 48.1 Å². The third kappa shape index (κ3) is 15.9. The fourth-order valence-electron chi connectivity index (χ4n) is 10.2. The zero-order valence-corrected chi connectivity index (χ0v) is 48.2. The van der Waals surface area contributed by atoms with Crippen molar-refractivity contribution in [2.45, 2.75) is 108 Å². The molecule has 6 amide bonds. The summed E-state index contributed by atoms with van der Waals surface area (Å²) in [4.78, 5) is 100. The molecule has 84 heavy (non-hydrogen) atoms. The van der Waals surface area contributed by atoms with Crippen molar-refractivity contribution in [2.75, 3.05) is 7.11 Å². The molecule has 16 heteroatoms. The number of nitrogens with one attached hydrogen (secondary N) is 6. The number of rotatable bonds is 26. The van der Waals surface area contributed by atoms with Crippen LogP contribution in [0.25, 0.3) is 0 Å². The molecule has 16 nitrogen and oxygen atoms in total. The second-order valence-corrected chi connectivity index (χ2v) is 21.6. The predicted octanol–water partition coefficient (Wildman–Crippen LogP) is 9.10. The second-order valence-electron chi connectivity index (χ2n) is 21.6. The number of carbonyl (C=O) groups is 7. The van der Waals surface area contributed by atoms with E-state index in [9.17, 15) is 38.7 Å². The van der Waals surface area contributed by atoms with Gasteiger partial charge in [-0.25, -0.2) is 9.59 Å².